The van der Waals surface area contributed by atoms with E-state index in [-0.39, 0.29) is 6.03 Å². The zero-order valence-electron chi connectivity index (χ0n) is 17.3. The molecule has 6 nitrogen and oxygen atoms in total. The molecule has 6 heteroatoms. The van der Waals surface area contributed by atoms with E-state index in [0.29, 0.717) is 23.5 Å². The second-order valence-corrected chi connectivity index (χ2v) is 8.55. The minimum absolute atomic E-state index is 0.164. The first-order chi connectivity index (χ1) is 15.2. The average Bonchev–Trinajstić information content (AvgIpc) is 3.55. The van der Waals surface area contributed by atoms with Crippen LogP contribution in [0.15, 0.2) is 64.0 Å². The number of hydrogen-bond donors (Lipinski definition) is 2. The van der Waals surface area contributed by atoms with Crippen molar-refractivity contribution in [3.8, 4) is 11.5 Å². The highest BCUT2D eigenvalue weighted by Gasteiger charge is 2.43. The van der Waals surface area contributed by atoms with Crippen molar-refractivity contribution in [2.24, 2.45) is 11.8 Å². The summed E-state index contributed by atoms with van der Waals surface area (Å²) < 4.78 is 10.6. The zero-order valence-corrected chi connectivity index (χ0v) is 17.3. The molecule has 2 aromatic carbocycles. The molecule has 2 atom stereocenters. The molecule has 2 N–H and O–H groups in total. The van der Waals surface area contributed by atoms with Gasteiger partial charge in [-0.15, -0.1) is 0 Å². The Kier molecular flexibility index (Phi) is 5.37. The highest BCUT2D eigenvalue weighted by Crippen LogP contribution is 2.44. The second-order valence-electron chi connectivity index (χ2n) is 8.55. The summed E-state index contributed by atoms with van der Waals surface area (Å²) in [6.07, 6.45) is 9.02. The predicted octanol–water partition coefficient (Wildman–Crippen LogP) is 5.68. The van der Waals surface area contributed by atoms with Crippen LogP contribution in [0.2, 0.25) is 0 Å². The first kappa shape index (κ1) is 19.7. The number of fused-ring (bicyclic) bond motifs is 1. The topological polar surface area (TPSA) is 80.6 Å². The van der Waals surface area contributed by atoms with Crippen LogP contribution in [0, 0.1) is 11.8 Å². The number of rotatable bonds is 5. The number of ether oxygens (including phenoxy) is 1. The zero-order chi connectivity index (χ0) is 21.2. The number of carbonyl (C=O) groups is 1. The maximum atomic E-state index is 12.6. The third-order valence-electron chi connectivity index (χ3n) is 6.45. The minimum Gasteiger partial charge on any atom is -0.456 e. The van der Waals surface area contributed by atoms with Gasteiger partial charge in [-0.25, -0.2) is 9.59 Å². The molecule has 2 fully saturated rings. The van der Waals surface area contributed by atoms with Gasteiger partial charge in [-0.1, -0.05) is 56.4 Å². The van der Waals surface area contributed by atoms with Crippen LogP contribution in [-0.2, 0) is 0 Å². The first-order valence-electron chi connectivity index (χ1n) is 11.0. The maximum Gasteiger partial charge on any atom is 0.339 e. The lowest BCUT2D eigenvalue weighted by atomic mass is 9.85. The number of amides is 2. The summed E-state index contributed by atoms with van der Waals surface area (Å²) in [5.41, 5.74) is 0.256. The van der Waals surface area contributed by atoms with Crippen LogP contribution < -0.4 is 21.0 Å². The van der Waals surface area contributed by atoms with E-state index in [0.717, 1.165) is 28.8 Å². The Morgan fingerprint density at radius 3 is 2.61 bits per heavy atom. The van der Waals surface area contributed by atoms with Gasteiger partial charge in [-0.3, -0.25) is 0 Å². The van der Waals surface area contributed by atoms with Gasteiger partial charge >= 0.3 is 11.7 Å². The third kappa shape index (κ3) is 4.43. The van der Waals surface area contributed by atoms with Gasteiger partial charge in [0.05, 0.1) is 18.0 Å². The van der Waals surface area contributed by atoms with E-state index in [1.165, 1.54) is 44.4 Å². The van der Waals surface area contributed by atoms with Gasteiger partial charge in [-0.2, -0.15) is 0 Å². The fraction of sp³-hybridized carbons (Fsp3) is 0.360. The summed E-state index contributed by atoms with van der Waals surface area (Å²) in [4.78, 5) is 24.1. The van der Waals surface area contributed by atoms with Crippen molar-refractivity contribution in [2.45, 2.75) is 44.6 Å². The fourth-order valence-corrected chi connectivity index (χ4v) is 4.82. The molecule has 31 heavy (non-hydrogen) atoms. The standard InChI is InChI=1S/C25H26N2O4/c28-24-14-17(12-13-30-24)31-23-11-10-21(18-8-4-5-9-19(18)23)26-25(29)27-22-15-20(22)16-6-2-1-3-7-16/h4-5,8-14,16,20,22H,1-3,6-7,15H2,(H2,26,27,29). The van der Waals surface area contributed by atoms with E-state index in [2.05, 4.69) is 10.6 Å². The molecule has 0 aliphatic heterocycles. The van der Waals surface area contributed by atoms with E-state index in [9.17, 15) is 9.59 Å². The highest BCUT2D eigenvalue weighted by molar-refractivity contribution is 6.04. The number of benzene rings is 2. The van der Waals surface area contributed by atoms with Crippen molar-refractivity contribution in [1.82, 2.24) is 5.32 Å². The minimum atomic E-state index is -0.469. The largest absolute Gasteiger partial charge is 0.456 e. The lowest BCUT2D eigenvalue weighted by Gasteiger charge is -2.21. The van der Waals surface area contributed by atoms with Crippen LogP contribution in [0.25, 0.3) is 10.8 Å². The summed E-state index contributed by atoms with van der Waals surface area (Å²) in [5.74, 6) is 2.42. The Bertz CT molecular complexity index is 1150. The summed E-state index contributed by atoms with van der Waals surface area (Å²) in [5, 5.41) is 7.88. The normalized spacial score (nSPS) is 20.9. The van der Waals surface area contributed by atoms with Crippen LogP contribution in [0.1, 0.15) is 38.5 Å². The molecule has 1 aromatic heterocycles. The van der Waals surface area contributed by atoms with Gasteiger partial charge in [0.2, 0.25) is 0 Å². The Labute approximate surface area is 180 Å². The molecule has 2 aliphatic carbocycles. The number of urea groups is 1. The molecule has 0 radical (unpaired) electrons. The SMILES string of the molecule is O=C(Nc1ccc(Oc2ccoc(=O)c2)c2ccccc12)NC1CC1C1CCCCC1. The number of anilines is 1. The molecule has 2 amide bonds. The van der Waals surface area contributed by atoms with Crippen LogP contribution in [-0.4, -0.2) is 12.1 Å². The predicted molar refractivity (Wildman–Crippen MR) is 120 cm³/mol. The van der Waals surface area contributed by atoms with Gasteiger partial charge in [0.1, 0.15) is 11.5 Å². The van der Waals surface area contributed by atoms with Crippen LogP contribution in [0.5, 0.6) is 11.5 Å². The molecule has 5 rings (SSSR count). The van der Waals surface area contributed by atoms with Crippen molar-refractivity contribution < 1.29 is 13.9 Å². The summed E-state index contributed by atoms with van der Waals surface area (Å²) in [6, 6.07) is 14.4. The first-order valence-corrected chi connectivity index (χ1v) is 11.0. The lowest BCUT2D eigenvalue weighted by Crippen LogP contribution is -2.32. The fourth-order valence-electron chi connectivity index (χ4n) is 4.82. The monoisotopic (exact) mass is 418 g/mol. The van der Waals surface area contributed by atoms with E-state index < -0.39 is 5.63 Å². The van der Waals surface area contributed by atoms with Gasteiger partial charge in [0.25, 0.3) is 0 Å². The van der Waals surface area contributed by atoms with Crippen LogP contribution >= 0.6 is 0 Å². The third-order valence-corrected chi connectivity index (χ3v) is 6.45. The van der Waals surface area contributed by atoms with Crippen molar-refractivity contribution in [1.29, 1.82) is 0 Å². The molecule has 0 bridgehead atoms. The lowest BCUT2D eigenvalue weighted by molar-refractivity contribution is 0.249. The molecule has 1 heterocycles. The van der Waals surface area contributed by atoms with Crippen molar-refractivity contribution in [2.75, 3.05) is 5.32 Å². The Morgan fingerprint density at radius 2 is 1.81 bits per heavy atom. The highest BCUT2D eigenvalue weighted by atomic mass is 16.5. The smallest absolute Gasteiger partial charge is 0.339 e. The molecular formula is C25H26N2O4. The molecule has 160 valence electrons. The van der Waals surface area contributed by atoms with Gasteiger partial charge in [0, 0.05) is 22.9 Å². The number of nitrogens with one attached hydrogen (secondary N) is 2. The molecule has 2 saturated carbocycles. The second kappa shape index (κ2) is 8.46. The molecule has 3 aromatic rings. The van der Waals surface area contributed by atoms with E-state index in [1.807, 2.05) is 30.3 Å². The summed E-state index contributed by atoms with van der Waals surface area (Å²) in [6.45, 7) is 0. The summed E-state index contributed by atoms with van der Waals surface area (Å²) in [7, 11) is 0. The van der Waals surface area contributed by atoms with Crippen LogP contribution in [0.3, 0.4) is 0 Å². The van der Waals surface area contributed by atoms with Gasteiger partial charge < -0.3 is 19.8 Å². The Balaban J connectivity index is 1.29. The van der Waals surface area contributed by atoms with E-state index in [4.69, 9.17) is 9.15 Å². The molecular weight excluding hydrogens is 392 g/mol. The molecule has 2 unspecified atom stereocenters. The Hall–Kier alpha value is -3.28. The quantitative estimate of drug-likeness (QED) is 0.559. The molecule has 0 saturated heterocycles. The maximum absolute atomic E-state index is 12.6. The van der Waals surface area contributed by atoms with Crippen molar-refractivity contribution in [3.63, 3.8) is 0 Å². The van der Waals surface area contributed by atoms with Crippen molar-refractivity contribution >= 4 is 22.5 Å². The van der Waals surface area contributed by atoms with Crippen LogP contribution in [0.4, 0.5) is 10.5 Å². The Morgan fingerprint density at radius 1 is 1.00 bits per heavy atom. The molecule has 0 spiro atoms. The van der Waals surface area contributed by atoms with E-state index in [1.54, 1.807) is 12.1 Å². The van der Waals surface area contributed by atoms with Crippen molar-refractivity contribution in [3.05, 3.63) is 65.2 Å². The summed E-state index contributed by atoms with van der Waals surface area (Å²) >= 11 is 0. The van der Waals surface area contributed by atoms with Gasteiger partial charge in [0.15, 0.2) is 0 Å². The number of carbonyl (C=O) groups excluding carboxylic acids is 1. The van der Waals surface area contributed by atoms with Gasteiger partial charge in [-0.05, 0) is 30.4 Å². The number of hydrogen-bond acceptors (Lipinski definition) is 4. The average molecular weight is 418 g/mol. The molecule has 2 aliphatic rings. The van der Waals surface area contributed by atoms with E-state index >= 15 is 0 Å².